The van der Waals surface area contributed by atoms with Gasteiger partial charge in [0, 0.05) is 25.9 Å². The zero-order chi connectivity index (χ0) is 25.5. The molecule has 2 unspecified atom stereocenters. The maximum absolute atomic E-state index is 13.2. The minimum Gasteiger partial charge on any atom is -0.349 e. The Hall–Kier alpha value is -1.92. The van der Waals surface area contributed by atoms with Crippen LogP contribution in [0.5, 0.6) is 0 Å². The van der Waals surface area contributed by atoms with Gasteiger partial charge in [-0.25, -0.2) is 0 Å². The number of unbranched alkanes of at least 4 members (excludes halogenated alkanes) is 4. The molecular formula is C27H49N3O4. The summed E-state index contributed by atoms with van der Waals surface area (Å²) in [5.74, 6) is -0.593. The van der Waals surface area contributed by atoms with E-state index in [1.807, 2.05) is 13.8 Å². The highest BCUT2D eigenvalue weighted by molar-refractivity contribution is 5.90. The molecule has 3 amide bonds. The molecule has 0 spiro atoms. The van der Waals surface area contributed by atoms with Crippen molar-refractivity contribution >= 4 is 24.0 Å². The summed E-state index contributed by atoms with van der Waals surface area (Å²) in [5.41, 5.74) is 0. The monoisotopic (exact) mass is 479 g/mol. The Morgan fingerprint density at radius 1 is 1.00 bits per heavy atom. The van der Waals surface area contributed by atoms with E-state index in [4.69, 9.17) is 0 Å². The van der Waals surface area contributed by atoms with E-state index in [0.29, 0.717) is 19.1 Å². The van der Waals surface area contributed by atoms with Gasteiger partial charge >= 0.3 is 0 Å². The van der Waals surface area contributed by atoms with Gasteiger partial charge in [-0.3, -0.25) is 14.4 Å². The summed E-state index contributed by atoms with van der Waals surface area (Å²) in [6.07, 6.45) is 12.3. The summed E-state index contributed by atoms with van der Waals surface area (Å²) >= 11 is 0. The van der Waals surface area contributed by atoms with E-state index in [-0.39, 0.29) is 41.9 Å². The third-order valence-electron chi connectivity index (χ3n) is 6.79. The Balaban J connectivity index is 3.03. The van der Waals surface area contributed by atoms with E-state index in [0.717, 1.165) is 44.9 Å². The maximum atomic E-state index is 13.2. The van der Waals surface area contributed by atoms with Gasteiger partial charge in [0.25, 0.3) is 0 Å². The zero-order valence-corrected chi connectivity index (χ0v) is 22.2. The fourth-order valence-corrected chi connectivity index (χ4v) is 4.80. The summed E-state index contributed by atoms with van der Waals surface area (Å²) in [6.45, 7) is 6.22. The van der Waals surface area contributed by atoms with Crippen molar-refractivity contribution in [1.29, 1.82) is 0 Å². The number of amides is 3. The lowest BCUT2D eigenvalue weighted by Crippen LogP contribution is -2.52. The SMILES string of the molecule is CCCCCCCC1CCCCCC(C(=O)N(C)C)C[C@@H](C=O)NC(=O)[C@H](CC(C)C)NC1=O. The summed E-state index contributed by atoms with van der Waals surface area (Å²) < 4.78 is 0. The fraction of sp³-hybridized carbons (Fsp3) is 0.852. The van der Waals surface area contributed by atoms with Crippen molar-refractivity contribution in [2.24, 2.45) is 17.8 Å². The van der Waals surface area contributed by atoms with Crippen LogP contribution < -0.4 is 10.6 Å². The Labute approximate surface area is 207 Å². The molecule has 0 aromatic carbocycles. The molecule has 4 atom stereocenters. The molecule has 0 aliphatic carbocycles. The number of aldehydes is 1. The van der Waals surface area contributed by atoms with Crippen LogP contribution in [0, 0.1) is 17.8 Å². The largest absolute Gasteiger partial charge is 0.349 e. The first-order chi connectivity index (χ1) is 16.2. The zero-order valence-electron chi connectivity index (χ0n) is 22.2. The van der Waals surface area contributed by atoms with Crippen molar-refractivity contribution in [2.75, 3.05) is 14.1 Å². The van der Waals surface area contributed by atoms with E-state index in [1.54, 1.807) is 19.0 Å². The van der Waals surface area contributed by atoms with Crippen molar-refractivity contribution < 1.29 is 19.2 Å². The van der Waals surface area contributed by atoms with Crippen LogP contribution >= 0.6 is 0 Å². The molecule has 196 valence electrons. The lowest BCUT2D eigenvalue weighted by atomic mass is 9.89. The fourth-order valence-electron chi connectivity index (χ4n) is 4.80. The van der Waals surface area contributed by atoms with Gasteiger partial charge in [-0.05, 0) is 38.0 Å². The number of hydrogen-bond donors (Lipinski definition) is 2. The summed E-state index contributed by atoms with van der Waals surface area (Å²) in [7, 11) is 3.45. The van der Waals surface area contributed by atoms with Crippen molar-refractivity contribution in [3.63, 3.8) is 0 Å². The maximum Gasteiger partial charge on any atom is 0.243 e. The van der Waals surface area contributed by atoms with Crippen molar-refractivity contribution in [3.05, 3.63) is 0 Å². The van der Waals surface area contributed by atoms with Gasteiger partial charge in [0.2, 0.25) is 17.7 Å². The van der Waals surface area contributed by atoms with Gasteiger partial charge in [-0.1, -0.05) is 72.1 Å². The van der Waals surface area contributed by atoms with Gasteiger partial charge in [0.15, 0.2) is 0 Å². The summed E-state index contributed by atoms with van der Waals surface area (Å²) in [5, 5.41) is 5.82. The van der Waals surface area contributed by atoms with E-state index in [2.05, 4.69) is 17.6 Å². The van der Waals surface area contributed by atoms with Crippen LogP contribution in [-0.2, 0) is 19.2 Å². The van der Waals surface area contributed by atoms with Crippen molar-refractivity contribution in [1.82, 2.24) is 15.5 Å². The minimum absolute atomic E-state index is 0.00909. The topological polar surface area (TPSA) is 95.6 Å². The van der Waals surface area contributed by atoms with Crippen LogP contribution in [0.15, 0.2) is 0 Å². The smallest absolute Gasteiger partial charge is 0.243 e. The number of hydrogen-bond acceptors (Lipinski definition) is 4. The van der Waals surface area contributed by atoms with Gasteiger partial charge in [0.05, 0.1) is 6.04 Å². The molecule has 1 rings (SSSR count). The van der Waals surface area contributed by atoms with Crippen LogP contribution in [-0.4, -0.2) is 55.1 Å². The first-order valence-corrected chi connectivity index (χ1v) is 13.5. The third kappa shape index (κ3) is 11.5. The first-order valence-electron chi connectivity index (χ1n) is 13.5. The predicted molar refractivity (Wildman–Crippen MR) is 136 cm³/mol. The quantitative estimate of drug-likeness (QED) is 0.362. The second kappa shape index (κ2) is 16.7. The molecule has 0 aromatic heterocycles. The Morgan fingerprint density at radius 2 is 1.68 bits per heavy atom. The van der Waals surface area contributed by atoms with E-state index in [9.17, 15) is 19.2 Å². The molecule has 2 N–H and O–H groups in total. The summed E-state index contributed by atoms with van der Waals surface area (Å²) in [6, 6.07) is -1.42. The minimum atomic E-state index is -0.745. The van der Waals surface area contributed by atoms with Crippen LogP contribution in [0.25, 0.3) is 0 Å². The van der Waals surface area contributed by atoms with Crippen LogP contribution in [0.1, 0.15) is 104 Å². The van der Waals surface area contributed by atoms with Crippen LogP contribution in [0.4, 0.5) is 0 Å². The first kappa shape index (κ1) is 30.1. The molecule has 1 saturated heterocycles. The predicted octanol–water partition coefficient (Wildman–Crippen LogP) is 4.24. The highest BCUT2D eigenvalue weighted by Crippen LogP contribution is 2.23. The number of nitrogens with one attached hydrogen (secondary N) is 2. The molecule has 0 radical (unpaired) electrons. The Kier molecular flexibility index (Phi) is 14.8. The van der Waals surface area contributed by atoms with Gasteiger partial charge in [-0.2, -0.15) is 0 Å². The average molecular weight is 480 g/mol. The molecule has 7 heteroatoms. The summed E-state index contributed by atoms with van der Waals surface area (Å²) in [4.78, 5) is 52.4. The highest BCUT2D eigenvalue weighted by Gasteiger charge is 2.30. The molecule has 34 heavy (non-hydrogen) atoms. The normalized spacial score (nSPS) is 25.2. The lowest BCUT2D eigenvalue weighted by Gasteiger charge is -2.27. The molecule has 1 fully saturated rings. The molecule has 0 saturated carbocycles. The van der Waals surface area contributed by atoms with E-state index >= 15 is 0 Å². The van der Waals surface area contributed by atoms with Gasteiger partial charge in [0.1, 0.15) is 12.3 Å². The van der Waals surface area contributed by atoms with Gasteiger partial charge < -0.3 is 20.3 Å². The van der Waals surface area contributed by atoms with Crippen molar-refractivity contribution in [2.45, 2.75) is 116 Å². The van der Waals surface area contributed by atoms with E-state index < -0.39 is 12.1 Å². The highest BCUT2D eigenvalue weighted by atomic mass is 16.2. The molecule has 1 aliphatic rings. The molecule has 0 aromatic rings. The molecule has 7 nitrogen and oxygen atoms in total. The van der Waals surface area contributed by atoms with Crippen LogP contribution in [0.2, 0.25) is 0 Å². The standard InChI is InChI=1S/C27H49N3O4/c1-6-7-8-9-11-14-21-15-12-10-13-16-22(27(34)30(4)5)18-23(19-31)28-26(33)24(17-20(2)3)29-25(21)32/h19-24H,6-18H2,1-5H3,(H,28,33)(H,29,32)/t21?,22?,23-,24-/m0/s1. The van der Waals surface area contributed by atoms with E-state index in [1.165, 1.54) is 19.3 Å². The van der Waals surface area contributed by atoms with Crippen molar-refractivity contribution in [3.8, 4) is 0 Å². The number of carbonyl (C=O) groups is 4. The molecule has 1 heterocycles. The third-order valence-corrected chi connectivity index (χ3v) is 6.79. The number of carbonyl (C=O) groups excluding carboxylic acids is 4. The molecule has 0 bridgehead atoms. The second-order valence-electron chi connectivity index (χ2n) is 10.6. The number of nitrogens with zero attached hydrogens (tertiary/aromatic N) is 1. The lowest BCUT2D eigenvalue weighted by molar-refractivity contribution is -0.135. The number of rotatable bonds is 10. The average Bonchev–Trinajstić information content (AvgIpc) is 2.78. The Bertz CT molecular complexity index is 635. The molecule has 1 aliphatic heterocycles. The van der Waals surface area contributed by atoms with Crippen LogP contribution in [0.3, 0.4) is 0 Å². The Morgan fingerprint density at radius 3 is 2.29 bits per heavy atom. The molecular weight excluding hydrogens is 430 g/mol. The second-order valence-corrected chi connectivity index (χ2v) is 10.6. The van der Waals surface area contributed by atoms with Gasteiger partial charge in [-0.15, -0.1) is 0 Å².